The largest absolute Gasteiger partial charge is 0.465 e. The highest BCUT2D eigenvalue weighted by molar-refractivity contribution is 5.69. The molecule has 0 heterocycles. The molecule has 0 spiro atoms. The van der Waals surface area contributed by atoms with Gasteiger partial charge >= 0.3 is 5.97 Å². The van der Waals surface area contributed by atoms with Crippen molar-refractivity contribution in [1.29, 1.82) is 0 Å². The van der Waals surface area contributed by atoms with Crippen molar-refractivity contribution in [3.63, 3.8) is 0 Å². The second-order valence-corrected chi connectivity index (χ2v) is 3.96. The van der Waals surface area contributed by atoms with Gasteiger partial charge in [-0.2, -0.15) is 0 Å². The van der Waals surface area contributed by atoms with Crippen LogP contribution in [0.5, 0.6) is 0 Å². The molecule has 1 atom stereocenters. The average molecular weight is 187 g/mol. The molecular weight excluding hydrogens is 166 g/mol. The Morgan fingerprint density at radius 2 is 2.00 bits per heavy atom. The van der Waals surface area contributed by atoms with E-state index in [1.54, 1.807) is 0 Å². The van der Waals surface area contributed by atoms with Gasteiger partial charge in [-0.1, -0.05) is 20.8 Å². The molecule has 0 radical (unpaired) electrons. The van der Waals surface area contributed by atoms with Crippen molar-refractivity contribution in [3.8, 4) is 0 Å². The van der Waals surface area contributed by atoms with Crippen LogP contribution in [0.25, 0.3) is 0 Å². The Bertz CT molecular complexity index is 146. The molecule has 0 aliphatic heterocycles. The first-order valence-corrected chi connectivity index (χ1v) is 4.92. The fraction of sp³-hybridized carbons (Fsp3) is 0.900. The quantitative estimate of drug-likeness (QED) is 0.642. The molecule has 0 aromatic rings. The molecule has 0 aliphatic rings. The van der Waals surface area contributed by atoms with Crippen LogP contribution in [0.4, 0.5) is 0 Å². The second kappa shape index (κ2) is 6.89. The molecule has 0 fully saturated rings. The summed E-state index contributed by atoms with van der Waals surface area (Å²) in [4.78, 5) is 11.1. The number of hydrogen-bond acceptors (Lipinski definition) is 3. The van der Waals surface area contributed by atoms with Crippen LogP contribution in [0.2, 0.25) is 0 Å². The van der Waals surface area contributed by atoms with Crippen molar-refractivity contribution in [1.82, 2.24) is 0 Å². The maximum atomic E-state index is 11.1. The van der Waals surface area contributed by atoms with Crippen molar-refractivity contribution >= 4 is 5.97 Å². The minimum Gasteiger partial charge on any atom is -0.465 e. The van der Waals surface area contributed by atoms with E-state index in [0.29, 0.717) is 31.4 Å². The molecule has 0 bridgehead atoms. The van der Waals surface area contributed by atoms with Gasteiger partial charge in [-0.15, -0.1) is 0 Å². The van der Waals surface area contributed by atoms with Crippen molar-refractivity contribution in [2.24, 2.45) is 17.6 Å². The predicted molar refractivity (Wildman–Crippen MR) is 53.2 cm³/mol. The SMILES string of the molecule is CC(C)COC(=O)CCC(C)CN. The Kier molecular flexibility index (Phi) is 6.59. The van der Waals surface area contributed by atoms with Crippen molar-refractivity contribution in [2.75, 3.05) is 13.2 Å². The van der Waals surface area contributed by atoms with E-state index in [-0.39, 0.29) is 5.97 Å². The lowest BCUT2D eigenvalue weighted by molar-refractivity contribution is -0.145. The summed E-state index contributed by atoms with van der Waals surface area (Å²) in [6, 6.07) is 0. The second-order valence-electron chi connectivity index (χ2n) is 3.96. The summed E-state index contributed by atoms with van der Waals surface area (Å²) in [5, 5.41) is 0. The van der Waals surface area contributed by atoms with Crippen molar-refractivity contribution < 1.29 is 9.53 Å². The highest BCUT2D eigenvalue weighted by atomic mass is 16.5. The molecule has 0 aromatic carbocycles. The van der Waals surface area contributed by atoms with Crippen LogP contribution >= 0.6 is 0 Å². The Morgan fingerprint density at radius 1 is 1.38 bits per heavy atom. The molecule has 0 saturated heterocycles. The van der Waals surface area contributed by atoms with Gasteiger partial charge in [-0.05, 0) is 24.8 Å². The molecule has 0 aromatic heterocycles. The molecule has 78 valence electrons. The summed E-state index contributed by atoms with van der Waals surface area (Å²) in [5.41, 5.74) is 5.43. The summed E-state index contributed by atoms with van der Waals surface area (Å²) in [6.07, 6.45) is 1.32. The smallest absolute Gasteiger partial charge is 0.305 e. The van der Waals surface area contributed by atoms with Crippen LogP contribution < -0.4 is 5.73 Å². The number of carbonyl (C=O) groups is 1. The van der Waals surface area contributed by atoms with Gasteiger partial charge in [0, 0.05) is 6.42 Å². The molecule has 13 heavy (non-hydrogen) atoms. The van der Waals surface area contributed by atoms with Crippen LogP contribution in [-0.2, 0) is 9.53 Å². The van der Waals surface area contributed by atoms with Gasteiger partial charge in [-0.3, -0.25) is 4.79 Å². The fourth-order valence-electron chi connectivity index (χ4n) is 0.814. The summed E-state index contributed by atoms with van der Waals surface area (Å²) in [7, 11) is 0. The maximum absolute atomic E-state index is 11.1. The van der Waals surface area contributed by atoms with Crippen molar-refractivity contribution in [3.05, 3.63) is 0 Å². The fourth-order valence-corrected chi connectivity index (χ4v) is 0.814. The van der Waals surface area contributed by atoms with E-state index >= 15 is 0 Å². The molecule has 3 nitrogen and oxygen atoms in total. The summed E-state index contributed by atoms with van der Waals surface area (Å²) in [6.45, 7) is 7.24. The third kappa shape index (κ3) is 7.78. The number of hydrogen-bond donors (Lipinski definition) is 1. The van der Waals surface area contributed by atoms with E-state index in [1.807, 2.05) is 20.8 Å². The first-order chi connectivity index (χ1) is 6.06. The summed E-state index contributed by atoms with van der Waals surface area (Å²) >= 11 is 0. The lowest BCUT2D eigenvalue weighted by Gasteiger charge is -2.09. The molecule has 0 aliphatic carbocycles. The lowest BCUT2D eigenvalue weighted by atomic mass is 10.1. The molecular formula is C10H21NO2. The Labute approximate surface area is 80.6 Å². The van der Waals surface area contributed by atoms with E-state index in [4.69, 9.17) is 10.5 Å². The molecule has 2 N–H and O–H groups in total. The minimum absolute atomic E-state index is 0.103. The molecule has 0 saturated carbocycles. The van der Waals surface area contributed by atoms with Gasteiger partial charge in [-0.25, -0.2) is 0 Å². The number of nitrogens with two attached hydrogens (primary N) is 1. The first kappa shape index (κ1) is 12.4. The van der Waals surface area contributed by atoms with Gasteiger partial charge < -0.3 is 10.5 Å². The Balaban J connectivity index is 3.40. The Morgan fingerprint density at radius 3 is 2.46 bits per heavy atom. The van der Waals surface area contributed by atoms with E-state index in [2.05, 4.69) is 0 Å². The molecule has 1 unspecified atom stereocenters. The zero-order valence-corrected chi connectivity index (χ0v) is 8.88. The number of rotatable bonds is 6. The molecule has 0 amide bonds. The van der Waals surface area contributed by atoms with Gasteiger partial charge in [0.1, 0.15) is 0 Å². The average Bonchev–Trinajstić information content (AvgIpc) is 2.10. The zero-order valence-electron chi connectivity index (χ0n) is 8.88. The zero-order chi connectivity index (χ0) is 10.3. The summed E-state index contributed by atoms with van der Waals surface area (Å²) < 4.78 is 5.02. The number of esters is 1. The first-order valence-electron chi connectivity index (χ1n) is 4.92. The summed E-state index contributed by atoms with van der Waals surface area (Å²) in [5.74, 6) is 0.719. The highest BCUT2D eigenvalue weighted by Gasteiger charge is 2.06. The van der Waals surface area contributed by atoms with Gasteiger partial charge in [0.15, 0.2) is 0 Å². The van der Waals surface area contributed by atoms with Crippen LogP contribution in [0.1, 0.15) is 33.6 Å². The van der Waals surface area contributed by atoms with E-state index in [1.165, 1.54) is 0 Å². The third-order valence-electron chi connectivity index (χ3n) is 1.82. The van der Waals surface area contributed by atoms with Gasteiger partial charge in [0.2, 0.25) is 0 Å². The van der Waals surface area contributed by atoms with Gasteiger partial charge in [0.05, 0.1) is 6.61 Å². The minimum atomic E-state index is -0.103. The van der Waals surface area contributed by atoms with E-state index in [9.17, 15) is 4.79 Å². The third-order valence-corrected chi connectivity index (χ3v) is 1.82. The standard InChI is InChI=1S/C10H21NO2/c1-8(2)7-13-10(12)5-4-9(3)6-11/h8-9H,4-7,11H2,1-3H3. The maximum Gasteiger partial charge on any atom is 0.305 e. The topological polar surface area (TPSA) is 52.3 Å². The van der Waals surface area contributed by atoms with E-state index in [0.717, 1.165) is 6.42 Å². The van der Waals surface area contributed by atoms with Crippen LogP contribution in [0.3, 0.4) is 0 Å². The van der Waals surface area contributed by atoms with Crippen LogP contribution in [0, 0.1) is 11.8 Å². The normalized spacial score (nSPS) is 13.0. The van der Waals surface area contributed by atoms with Crippen LogP contribution in [-0.4, -0.2) is 19.1 Å². The van der Waals surface area contributed by atoms with Crippen LogP contribution in [0.15, 0.2) is 0 Å². The number of carbonyl (C=O) groups excluding carboxylic acids is 1. The van der Waals surface area contributed by atoms with Crippen molar-refractivity contribution in [2.45, 2.75) is 33.6 Å². The lowest BCUT2D eigenvalue weighted by Crippen LogP contribution is -2.14. The monoisotopic (exact) mass is 187 g/mol. The van der Waals surface area contributed by atoms with E-state index < -0.39 is 0 Å². The predicted octanol–water partition coefficient (Wildman–Crippen LogP) is 1.56. The molecule has 0 rings (SSSR count). The molecule has 3 heteroatoms. The number of ether oxygens (including phenoxy) is 1. The Hall–Kier alpha value is -0.570. The van der Waals surface area contributed by atoms with Gasteiger partial charge in [0.25, 0.3) is 0 Å². The highest BCUT2D eigenvalue weighted by Crippen LogP contribution is 2.05.